The third-order valence-electron chi connectivity index (χ3n) is 3.44. The molecule has 4 nitrogen and oxygen atoms in total. The molecule has 2 N–H and O–H groups in total. The molecule has 0 saturated carbocycles. The minimum Gasteiger partial charge on any atom is -0.330 e. The van der Waals surface area contributed by atoms with E-state index >= 15 is 0 Å². The summed E-state index contributed by atoms with van der Waals surface area (Å²) in [5.74, 6) is 0. The van der Waals surface area contributed by atoms with Gasteiger partial charge in [-0.15, -0.1) is 0 Å². The molecule has 5 heteroatoms. The molecule has 0 unspecified atom stereocenters. The standard InChI is InChI=1S/C14H32NO3P/c1-17-19(16,18-2)14-12-10-8-6-4-3-5-7-9-11-13-15/h3-15H2,1-2H3. The summed E-state index contributed by atoms with van der Waals surface area (Å²) in [6.07, 6.45) is 12.8. The van der Waals surface area contributed by atoms with E-state index < -0.39 is 7.60 Å². The van der Waals surface area contributed by atoms with E-state index in [1.165, 1.54) is 65.6 Å². The summed E-state index contributed by atoms with van der Waals surface area (Å²) in [5, 5.41) is 0. The maximum atomic E-state index is 11.8. The Morgan fingerprint density at radius 2 is 1.11 bits per heavy atom. The van der Waals surface area contributed by atoms with Crippen LogP contribution in [0.3, 0.4) is 0 Å². The minimum atomic E-state index is -2.77. The van der Waals surface area contributed by atoms with Crippen LogP contribution < -0.4 is 5.73 Å². The second-order valence-electron chi connectivity index (χ2n) is 5.02. The van der Waals surface area contributed by atoms with Crippen LogP contribution in [0, 0.1) is 0 Å². The van der Waals surface area contributed by atoms with E-state index in [1.807, 2.05) is 0 Å². The highest BCUT2D eigenvalue weighted by molar-refractivity contribution is 7.53. The Morgan fingerprint density at radius 1 is 0.737 bits per heavy atom. The predicted molar refractivity (Wildman–Crippen MR) is 81.7 cm³/mol. The van der Waals surface area contributed by atoms with Crippen LogP contribution in [0.2, 0.25) is 0 Å². The van der Waals surface area contributed by atoms with Crippen molar-refractivity contribution in [2.45, 2.75) is 64.2 Å². The fourth-order valence-corrected chi connectivity index (χ4v) is 3.25. The van der Waals surface area contributed by atoms with Crippen LogP contribution in [0.25, 0.3) is 0 Å². The van der Waals surface area contributed by atoms with Crippen molar-refractivity contribution in [3.8, 4) is 0 Å². The number of unbranched alkanes of at least 4 members (excludes halogenated alkanes) is 9. The molecule has 0 radical (unpaired) electrons. The van der Waals surface area contributed by atoms with E-state index in [0.29, 0.717) is 6.16 Å². The van der Waals surface area contributed by atoms with Gasteiger partial charge < -0.3 is 14.8 Å². The van der Waals surface area contributed by atoms with Gasteiger partial charge in [-0.2, -0.15) is 0 Å². The molecule has 0 aliphatic heterocycles. The third kappa shape index (κ3) is 11.6. The van der Waals surface area contributed by atoms with Gasteiger partial charge in [-0.1, -0.05) is 51.4 Å². The fraction of sp³-hybridized carbons (Fsp3) is 1.00. The van der Waals surface area contributed by atoms with Crippen LogP contribution in [-0.4, -0.2) is 26.9 Å². The van der Waals surface area contributed by atoms with Gasteiger partial charge in [0, 0.05) is 14.2 Å². The molecule has 0 saturated heterocycles. The smallest absolute Gasteiger partial charge is 0.330 e. The van der Waals surface area contributed by atoms with E-state index in [0.717, 1.165) is 19.4 Å². The lowest BCUT2D eigenvalue weighted by molar-refractivity contribution is 0.275. The molecule has 116 valence electrons. The van der Waals surface area contributed by atoms with Crippen molar-refractivity contribution in [3.63, 3.8) is 0 Å². The van der Waals surface area contributed by atoms with Gasteiger partial charge in [-0.3, -0.25) is 4.57 Å². The maximum Gasteiger partial charge on any atom is 0.330 e. The first-order chi connectivity index (χ1) is 9.18. The number of nitrogens with two attached hydrogens (primary N) is 1. The molecule has 0 rings (SSSR count). The van der Waals surface area contributed by atoms with Crippen LogP contribution in [0.15, 0.2) is 0 Å². The van der Waals surface area contributed by atoms with Crippen molar-refractivity contribution in [2.24, 2.45) is 5.73 Å². The van der Waals surface area contributed by atoms with Gasteiger partial charge in [-0.05, 0) is 19.4 Å². The quantitative estimate of drug-likeness (QED) is 0.382. The van der Waals surface area contributed by atoms with E-state index in [4.69, 9.17) is 14.8 Å². The van der Waals surface area contributed by atoms with Crippen molar-refractivity contribution in [1.29, 1.82) is 0 Å². The summed E-state index contributed by atoms with van der Waals surface area (Å²) in [7, 11) is 0.138. The van der Waals surface area contributed by atoms with Gasteiger partial charge in [-0.25, -0.2) is 0 Å². The summed E-state index contributed by atoms with van der Waals surface area (Å²) in [6.45, 7) is 0.826. The number of rotatable bonds is 14. The summed E-state index contributed by atoms with van der Waals surface area (Å²) < 4.78 is 21.6. The van der Waals surface area contributed by atoms with Crippen LogP contribution >= 0.6 is 7.60 Å². The van der Waals surface area contributed by atoms with E-state index in [1.54, 1.807) is 0 Å². The molecule has 0 aliphatic carbocycles. The van der Waals surface area contributed by atoms with Gasteiger partial charge in [0.1, 0.15) is 0 Å². The van der Waals surface area contributed by atoms with Gasteiger partial charge in [0.25, 0.3) is 0 Å². The Kier molecular flexibility index (Phi) is 13.2. The summed E-state index contributed by atoms with van der Waals surface area (Å²) >= 11 is 0. The summed E-state index contributed by atoms with van der Waals surface area (Å²) in [5.41, 5.74) is 5.45. The zero-order valence-corrected chi connectivity index (χ0v) is 13.6. The Hall–Kier alpha value is 0.110. The molecule has 0 aromatic rings. The Morgan fingerprint density at radius 3 is 1.47 bits per heavy atom. The third-order valence-corrected chi connectivity index (χ3v) is 5.42. The lowest BCUT2D eigenvalue weighted by Crippen LogP contribution is -1.97. The largest absolute Gasteiger partial charge is 0.330 e. The molecule has 0 heterocycles. The average molecular weight is 293 g/mol. The minimum absolute atomic E-state index is 0.541. The highest BCUT2D eigenvalue weighted by Crippen LogP contribution is 2.47. The van der Waals surface area contributed by atoms with Crippen molar-refractivity contribution < 1.29 is 13.6 Å². The maximum absolute atomic E-state index is 11.8. The lowest BCUT2D eigenvalue weighted by Gasteiger charge is -2.12. The van der Waals surface area contributed by atoms with Crippen molar-refractivity contribution in [1.82, 2.24) is 0 Å². The van der Waals surface area contributed by atoms with Crippen molar-refractivity contribution in [2.75, 3.05) is 26.9 Å². The highest BCUT2D eigenvalue weighted by atomic mass is 31.2. The van der Waals surface area contributed by atoms with Gasteiger partial charge >= 0.3 is 7.60 Å². The highest BCUT2D eigenvalue weighted by Gasteiger charge is 2.19. The summed E-state index contributed by atoms with van der Waals surface area (Å²) in [4.78, 5) is 0. The first-order valence-corrected chi connectivity index (χ1v) is 9.32. The SMILES string of the molecule is COP(=O)(CCCCCCCCCCCCN)OC. The molecule has 0 aromatic heterocycles. The second kappa shape index (κ2) is 13.1. The van der Waals surface area contributed by atoms with E-state index in [2.05, 4.69) is 0 Å². The molecular formula is C14H32NO3P. The molecule has 0 amide bonds. The van der Waals surface area contributed by atoms with Crippen molar-refractivity contribution >= 4 is 7.60 Å². The Balaban J connectivity index is 3.21. The molecule has 0 aliphatic rings. The molecule has 0 fully saturated rings. The van der Waals surface area contributed by atoms with Gasteiger partial charge in [0.2, 0.25) is 0 Å². The topological polar surface area (TPSA) is 61.5 Å². The zero-order valence-electron chi connectivity index (χ0n) is 12.7. The predicted octanol–water partition coefficient (Wildman–Crippen LogP) is 4.33. The van der Waals surface area contributed by atoms with Crippen LogP contribution in [0.1, 0.15) is 64.2 Å². The molecule has 19 heavy (non-hydrogen) atoms. The summed E-state index contributed by atoms with van der Waals surface area (Å²) in [6, 6.07) is 0. The monoisotopic (exact) mass is 293 g/mol. The normalized spacial score (nSPS) is 11.9. The average Bonchev–Trinajstić information content (AvgIpc) is 2.44. The number of hydrogen-bond acceptors (Lipinski definition) is 4. The first-order valence-electron chi connectivity index (χ1n) is 7.59. The lowest BCUT2D eigenvalue weighted by atomic mass is 10.1. The molecule has 0 bridgehead atoms. The molecule has 0 aromatic carbocycles. The van der Waals surface area contributed by atoms with Crippen LogP contribution in [-0.2, 0) is 13.6 Å². The Bertz CT molecular complexity index is 229. The van der Waals surface area contributed by atoms with Gasteiger partial charge in [0.05, 0.1) is 6.16 Å². The zero-order chi connectivity index (χ0) is 14.4. The van der Waals surface area contributed by atoms with E-state index in [9.17, 15) is 4.57 Å². The Labute approximate surface area is 119 Å². The van der Waals surface area contributed by atoms with Gasteiger partial charge in [0.15, 0.2) is 0 Å². The van der Waals surface area contributed by atoms with Crippen LogP contribution in [0.5, 0.6) is 0 Å². The van der Waals surface area contributed by atoms with E-state index in [-0.39, 0.29) is 0 Å². The fourth-order valence-electron chi connectivity index (χ4n) is 2.12. The molecule has 0 atom stereocenters. The number of hydrogen-bond donors (Lipinski definition) is 1. The first kappa shape index (κ1) is 19.1. The second-order valence-corrected chi connectivity index (χ2v) is 7.42. The molecule has 0 spiro atoms. The van der Waals surface area contributed by atoms with Crippen molar-refractivity contribution in [3.05, 3.63) is 0 Å². The molecular weight excluding hydrogens is 261 g/mol. The van der Waals surface area contributed by atoms with Crippen LogP contribution in [0.4, 0.5) is 0 Å².